The van der Waals surface area contributed by atoms with Crippen LogP contribution < -0.4 is 0 Å². The number of hydrogen-bond donors (Lipinski definition) is 0. The molecular weight excluding hydrogens is 416 g/mol. The molecule has 2 heterocycles. The first-order valence-electron chi connectivity index (χ1n) is 9.43. The number of benzene rings is 2. The van der Waals surface area contributed by atoms with Crippen molar-refractivity contribution in [2.24, 2.45) is 0 Å². The fourth-order valence-corrected chi connectivity index (χ4v) is 3.45. The summed E-state index contributed by atoms with van der Waals surface area (Å²) < 4.78 is 16.3. The van der Waals surface area contributed by atoms with Gasteiger partial charge in [0.1, 0.15) is 17.1 Å². The first-order valence-corrected chi connectivity index (χ1v) is 10.7. The van der Waals surface area contributed by atoms with Gasteiger partial charge in [0, 0.05) is 27.7 Å². The van der Waals surface area contributed by atoms with Crippen molar-refractivity contribution in [3.05, 3.63) is 83.1 Å². The van der Waals surface area contributed by atoms with Gasteiger partial charge in [-0.2, -0.15) is 0 Å². The summed E-state index contributed by atoms with van der Waals surface area (Å²) in [6.07, 6.45) is 2.17. The number of ether oxygens (including phenoxy) is 2. The summed E-state index contributed by atoms with van der Waals surface area (Å²) in [7, 11) is 0. The van der Waals surface area contributed by atoms with E-state index in [1.54, 1.807) is 60.3 Å². The largest absolute Gasteiger partial charge is 0.457 e. The van der Waals surface area contributed by atoms with Crippen LogP contribution in [0.3, 0.4) is 0 Å². The maximum absolute atomic E-state index is 12.4. The molecule has 0 amide bonds. The molecule has 3 aromatic rings. The number of carbonyl (C=O) groups excluding carboxylic acids is 3. The van der Waals surface area contributed by atoms with Crippen LogP contribution in [-0.4, -0.2) is 24.0 Å². The van der Waals surface area contributed by atoms with Gasteiger partial charge in [0.25, 0.3) is 6.29 Å². The lowest BCUT2D eigenvalue weighted by atomic mass is 10.1. The van der Waals surface area contributed by atoms with E-state index in [1.807, 2.05) is 18.4 Å². The summed E-state index contributed by atoms with van der Waals surface area (Å²) in [4.78, 5) is 37.3. The quantitative estimate of drug-likeness (QED) is 0.183. The second kappa shape index (κ2) is 8.65. The van der Waals surface area contributed by atoms with Gasteiger partial charge in [-0.1, -0.05) is 36.4 Å². The van der Waals surface area contributed by atoms with Gasteiger partial charge in [0.05, 0.1) is 0 Å². The molecule has 0 N–H and O–H groups in total. The minimum atomic E-state index is -1.08. The van der Waals surface area contributed by atoms with Crippen molar-refractivity contribution >= 4 is 35.6 Å². The van der Waals surface area contributed by atoms with Gasteiger partial charge >= 0.3 is 11.9 Å². The highest BCUT2D eigenvalue weighted by atomic mass is 32.2. The predicted molar refractivity (Wildman–Crippen MR) is 115 cm³/mol. The van der Waals surface area contributed by atoms with Crippen molar-refractivity contribution in [2.45, 2.75) is 18.1 Å². The minimum Gasteiger partial charge on any atom is -0.457 e. The average molecular weight is 434 g/mol. The van der Waals surface area contributed by atoms with Crippen LogP contribution in [0.15, 0.2) is 75.5 Å². The molecule has 6 nitrogen and oxygen atoms in total. The molecule has 4 rings (SSSR count). The Morgan fingerprint density at radius 2 is 1.55 bits per heavy atom. The normalized spacial score (nSPS) is 15.9. The number of Topliss-reactive ketones (excluding diaryl/α,β-unsaturated/α-hetero) is 1. The zero-order valence-electron chi connectivity index (χ0n) is 16.8. The third-order valence-electron chi connectivity index (χ3n) is 4.75. The van der Waals surface area contributed by atoms with Crippen LogP contribution in [0.1, 0.15) is 34.9 Å². The maximum atomic E-state index is 12.4. The van der Waals surface area contributed by atoms with Gasteiger partial charge < -0.3 is 13.9 Å². The van der Waals surface area contributed by atoms with E-state index in [0.29, 0.717) is 22.6 Å². The number of esters is 2. The molecule has 0 aliphatic carbocycles. The van der Waals surface area contributed by atoms with Gasteiger partial charge in [-0.25, -0.2) is 9.59 Å². The number of thioether (sulfide) groups is 1. The number of furan rings is 1. The molecule has 1 fully saturated rings. The third kappa shape index (κ3) is 4.46. The second-order valence-electron chi connectivity index (χ2n) is 6.81. The van der Waals surface area contributed by atoms with Crippen molar-refractivity contribution in [3.8, 4) is 11.3 Å². The zero-order valence-corrected chi connectivity index (χ0v) is 17.6. The first kappa shape index (κ1) is 20.7. The van der Waals surface area contributed by atoms with Crippen LogP contribution in [0.25, 0.3) is 17.4 Å². The molecule has 0 saturated carbocycles. The van der Waals surface area contributed by atoms with Crippen molar-refractivity contribution in [1.29, 1.82) is 0 Å². The molecule has 0 radical (unpaired) electrons. The van der Waals surface area contributed by atoms with Gasteiger partial charge in [-0.3, -0.25) is 4.79 Å². The van der Waals surface area contributed by atoms with Gasteiger partial charge in [-0.05, 0) is 37.4 Å². The van der Waals surface area contributed by atoms with Crippen LogP contribution in [0, 0.1) is 0 Å². The van der Waals surface area contributed by atoms with Crippen LogP contribution in [0.5, 0.6) is 0 Å². The lowest BCUT2D eigenvalue weighted by molar-refractivity contribution is -0.195. The highest BCUT2D eigenvalue weighted by molar-refractivity contribution is 7.98. The molecule has 0 unspecified atom stereocenters. The van der Waals surface area contributed by atoms with Crippen molar-refractivity contribution in [2.75, 3.05) is 6.26 Å². The van der Waals surface area contributed by atoms with E-state index >= 15 is 0 Å². The Bertz CT molecular complexity index is 1150. The fraction of sp³-hybridized carbons (Fsp3) is 0.125. The summed E-state index contributed by atoms with van der Waals surface area (Å²) >= 11 is 1.58. The number of cyclic esters (lactones) is 2. The van der Waals surface area contributed by atoms with Crippen LogP contribution in [0.2, 0.25) is 0 Å². The minimum absolute atomic E-state index is 0.0239. The summed E-state index contributed by atoms with van der Waals surface area (Å²) in [6, 6.07) is 17.5. The van der Waals surface area contributed by atoms with Crippen LogP contribution in [0.4, 0.5) is 0 Å². The molecule has 1 aliphatic heterocycles. The van der Waals surface area contributed by atoms with Gasteiger partial charge in [0.2, 0.25) is 0 Å². The topological polar surface area (TPSA) is 82.8 Å². The Hall–Kier alpha value is -3.58. The van der Waals surface area contributed by atoms with E-state index in [4.69, 9.17) is 13.9 Å². The highest BCUT2D eigenvalue weighted by Gasteiger charge is 2.34. The lowest BCUT2D eigenvalue weighted by Gasteiger charge is -2.23. The van der Waals surface area contributed by atoms with Crippen molar-refractivity contribution in [1.82, 2.24) is 0 Å². The Morgan fingerprint density at radius 3 is 2.13 bits per heavy atom. The Labute approximate surface area is 182 Å². The number of carbonyl (C=O) groups is 3. The standard InChI is InChI=1S/C24H18O6S/c1-14(25)15-3-5-16(6-4-15)21-12-9-18(28-21)13-20-22(26)29-24(30-23(20)27)17-7-10-19(31-2)11-8-17/h3-13,24H,1-2H3. The van der Waals surface area contributed by atoms with E-state index in [1.165, 1.54) is 13.0 Å². The Kier molecular flexibility index (Phi) is 5.77. The average Bonchev–Trinajstić information content (AvgIpc) is 3.25. The van der Waals surface area contributed by atoms with Crippen LogP contribution in [-0.2, 0) is 19.1 Å². The summed E-state index contributed by atoms with van der Waals surface area (Å²) in [5.74, 6) is -0.745. The van der Waals surface area contributed by atoms with Gasteiger partial charge in [-0.15, -0.1) is 11.8 Å². The molecule has 156 valence electrons. The zero-order chi connectivity index (χ0) is 22.0. The van der Waals surface area contributed by atoms with E-state index < -0.39 is 18.2 Å². The fourth-order valence-electron chi connectivity index (χ4n) is 3.04. The number of hydrogen-bond acceptors (Lipinski definition) is 7. The Morgan fingerprint density at radius 1 is 0.903 bits per heavy atom. The van der Waals surface area contributed by atoms with E-state index in [9.17, 15) is 14.4 Å². The molecule has 1 aromatic heterocycles. The number of ketones is 1. The van der Waals surface area contributed by atoms with E-state index in [2.05, 4.69) is 0 Å². The van der Waals surface area contributed by atoms with Crippen LogP contribution >= 0.6 is 11.8 Å². The van der Waals surface area contributed by atoms with Crippen molar-refractivity contribution in [3.63, 3.8) is 0 Å². The monoisotopic (exact) mass is 434 g/mol. The lowest BCUT2D eigenvalue weighted by Crippen LogP contribution is -2.29. The second-order valence-corrected chi connectivity index (χ2v) is 7.69. The number of rotatable bonds is 5. The van der Waals surface area contributed by atoms with Gasteiger partial charge in [0.15, 0.2) is 5.78 Å². The molecule has 1 aliphatic rings. The van der Waals surface area contributed by atoms with E-state index in [-0.39, 0.29) is 11.4 Å². The highest BCUT2D eigenvalue weighted by Crippen LogP contribution is 2.30. The molecule has 1 saturated heterocycles. The summed E-state index contributed by atoms with van der Waals surface area (Å²) in [6.45, 7) is 1.50. The SMILES string of the molecule is CSc1ccc(C2OC(=O)C(=Cc3ccc(-c4ccc(C(C)=O)cc4)o3)C(=O)O2)cc1. The Balaban J connectivity index is 1.51. The molecule has 31 heavy (non-hydrogen) atoms. The third-order valence-corrected chi connectivity index (χ3v) is 5.49. The maximum Gasteiger partial charge on any atom is 0.349 e. The first-order chi connectivity index (χ1) is 14.9. The summed E-state index contributed by atoms with van der Waals surface area (Å²) in [5, 5.41) is 0. The molecule has 0 bridgehead atoms. The molecule has 7 heteroatoms. The summed E-state index contributed by atoms with van der Waals surface area (Å²) in [5.41, 5.74) is 1.69. The van der Waals surface area contributed by atoms with E-state index in [0.717, 1.165) is 10.5 Å². The smallest absolute Gasteiger partial charge is 0.349 e. The molecular formula is C24H18O6S. The predicted octanol–water partition coefficient (Wildman–Crippen LogP) is 5.05. The van der Waals surface area contributed by atoms with Crippen molar-refractivity contribution < 1.29 is 28.3 Å². The molecule has 2 aromatic carbocycles. The molecule has 0 atom stereocenters. The molecule has 0 spiro atoms.